The molecule has 1 heterocycles. The van der Waals surface area contributed by atoms with E-state index < -0.39 is 0 Å². The van der Waals surface area contributed by atoms with Gasteiger partial charge in [-0.05, 0) is 31.4 Å². The molecule has 0 amide bonds. The summed E-state index contributed by atoms with van der Waals surface area (Å²) in [6.45, 7) is 8.26. The molecule has 1 saturated carbocycles. The quantitative estimate of drug-likeness (QED) is 0.711. The molecular weight excluding hydrogens is 182 g/mol. The Labute approximate surface area is 92.1 Å². The van der Waals surface area contributed by atoms with E-state index in [0.29, 0.717) is 5.41 Å². The van der Waals surface area contributed by atoms with Crippen molar-refractivity contribution >= 4 is 0 Å². The molecule has 0 spiro atoms. The summed E-state index contributed by atoms with van der Waals surface area (Å²) in [7, 11) is 0. The molecule has 1 heteroatoms. The van der Waals surface area contributed by atoms with Crippen molar-refractivity contribution in [3.05, 3.63) is 35.4 Å². The van der Waals surface area contributed by atoms with Gasteiger partial charge in [0.15, 0.2) is 0 Å². The number of hydrogen-bond acceptors (Lipinski definition) is 1. The maximum Gasteiger partial charge on any atom is 0.0124 e. The Morgan fingerprint density at radius 1 is 1.33 bits per heavy atom. The Kier molecular flexibility index (Phi) is 1.93. The topological polar surface area (TPSA) is 3.24 Å². The summed E-state index contributed by atoms with van der Waals surface area (Å²) in [5.74, 6) is 0.945. The first-order valence-corrected chi connectivity index (χ1v) is 6.04. The molecule has 1 aliphatic carbocycles. The first kappa shape index (κ1) is 9.41. The zero-order chi connectivity index (χ0) is 10.5. The van der Waals surface area contributed by atoms with Crippen LogP contribution in [0.1, 0.15) is 24.5 Å². The van der Waals surface area contributed by atoms with E-state index in [-0.39, 0.29) is 0 Å². The lowest BCUT2D eigenvalue weighted by atomic mass is 9.94. The second-order valence-electron chi connectivity index (χ2n) is 5.25. The van der Waals surface area contributed by atoms with Crippen molar-refractivity contribution < 1.29 is 0 Å². The molecule has 1 saturated heterocycles. The van der Waals surface area contributed by atoms with Crippen molar-refractivity contribution in [1.82, 2.24) is 4.90 Å². The highest BCUT2D eigenvalue weighted by Gasteiger charge is 2.60. The summed E-state index contributed by atoms with van der Waals surface area (Å²) in [6.07, 6.45) is 1.42. The summed E-state index contributed by atoms with van der Waals surface area (Å²) in [4.78, 5) is 2.59. The van der Waals surface area contributed by atoms with Crippen LogP contribution in [0.25, 0.3) is 0 Å². The van der Waals surface area contributed by atoms with Gasteiger partial charge in [0.25, 0.3) is 0 Å². The van der Waals surface area contributed by atoms with Gasteiger partial charge in [-0.25, -0.2) is 0 Å². The molecule has 1 aromatic rings. The van der Waals surface area contributed by atoms with Crippen LogP contribution in [0.2, 0.25) is 0 Å². The lowest BCUT2D eigenvalue weighted by Gasteiger charge is -2.19. The molecular formula is C14H19N. The number of likely N-dealkylation sites (tertiary alicyclic amines) is 1. The van der Waals surface area contributed by atoms with E-state index in [1.54, 1.807) is 5.56 Å². The van der Waals surface area contributed by atoms with Crippen LogP contribution in [-0.2, 0) is 5.41 Å². The van der Waals surface area contributed by atoms with Crippen molar-refractivity contribution in [2.45, 2.75) is 25.7 Å². The van der Waals surface area contributed by atoms with Crippen LogP contribution < -0.4 is 0 Å². The monoisotopic (exact) mass is 201 g/mol. The molecule has 0 radical (unpaired) electrons. The number of benzene rings is 1. The summed E-state index contributed by atoms with van der Waals surface area (Å²) >= 11 is 0. The van der Waals surface area contributed by atoms with Gasteiger partial charge in [-0.3, -0.25) is 0 Å². The third-order valence-corrected chi connectivity index (χ3v) is 4.29. The van der Waals surface area contributed by atoms with Crippen molar-refractivity contribution in [2.75, 3.05) is 19.6 Å². The van der Waals surface area contributed by atoms with Gasteiger partial charge in [-0.1, -0.05) is 36.8 Å². The fraction of sp³-hybridized carbons (Fsp3) is 0.571. The molecule has 3 rings (SSSR count). The fourth-order valence-corrected chi connectivity index (χ4v) is 3.16. The molecule has 80 valence electrons. The van der Waals surface area contributed by atoms with Crippen LogP contribution in [0.4, 0.5) is 0 Å². The smallest absolute Gasteiger partial charge is 0.0124 e. The Morgan fingerprint density at radius 3 is 2.67 bits per heavy atom. The molecule has 0 bridgehead atoms. The highest BCUT2D eigenvalue weighted by molar-refractivity contribution is 5.38. The number of nitrogens with zero attached hydrogens (tertiary/aromatic N) is 1. The molecule has 2 aliphatic rings. The second kappa shape index (κ2) is 3.08. The lowest BCUT2D eigenvalue weighted by molar-refractivity contribution is 0.314. The van der Waals surface area contributed by atoms with Gasteiger partial charge in [0.05, 0.1) is 0 Å². The minimum Gasteiger partial charge on any atom is -0.302 e. The average molecular weight is 201 g/mol. The van der Waals surface area contributed by atoms with E-state index in [0.717, 1.165) is 5.92 Å². The molecule has 0 unspecified atom stereocenters. The van der Waals surface area contributed by atoms with E-state index in [9.17, 15) is 0 Å². The fourth-order valence-electron chi connectivity index (χ4n) is 3.16. The molecule has 2 fully saturated rings. The Morgan fingerprint density at radius 2 is 2.07 bits per heavy atom. The van der Waals surface area contributed by atoms with E-state index >= 15 is 0 Å². The molecule has 1 nitrogen and oxygen atoms in total. The first-order valence-electron chi connectivity index (χ1n) is 6.04. The average Bonchev–Trinajstić information content (AvgIpc) is 2.83. The number of rotatable bonds is 2. The maximum absolute atomic E-state index is 2.59. The first-order chi connectivity index (χ1) is 7.24. The number of hydrogen-bond donors (Lipinski definition) is 0. The van der Waals surface area contributed by atoms with E-state index in [2.05, 4.69) is 43.0 Å². The molecule has 1 aliphatic heterocycles. The predicted molar refractivity (Wildman–Crippen MR) is 63.1 cm³/mol. The van der Waals surface area contributed by atoms with Crippen molar-refractivity contribution in [1.29, 1.82) is 0 Å². The summed E-state index contributed by atoms with van der Waals surface area (Å²) < 4.78 is 0. The van der Waals surface area contributed by atoms with E-state index in [4.69, 9.17) is 0 Å². The van der Waals surface area contributed by atoms with Crippen molar-refractivity contribution in [3.8, 4) is 0 Å². The Balaban J connectivity index is 1.87. The third-order valence-electron chi connectivity index (χ3n) is 4.29. The van der Waals surface area contributed by atoms with Gasteiger partial charge in [0.2, 0.25) is 0 Å². The predicted octanol–water partition coefficient (Wildman–Crippen LogP) is 2.59. The van der Waals surface area contributed by atoms with Crippen LogP contribution in [0.5, 0.6) is 0 Å². The van der Waals surface area contributed by atoms with Crippen LogP contribution in [0.3, 0.4) is 0 Å². The molecule has 0 aromatic heterocycles. The Hall–Kier alpha value is -0.820. The van der Waals surface area contributed by atoms with Gasteiger partial charge in [-0.2, -0.15) is 0 Å². The highest BCUT2D eigenvalue weighted by Crippen LogP contribution is 2.58. The summed E-state index contributed by atoms with van der Waals surface area (Å²) in [5.41, 5.74) is 3.50. The number of aryl methyl sites for hydroxylation is 1. The largest absolute Gasteiger partial charge is 0.302 e. The van der Waals surface area contributed by atoms with E-state index in [1.807, 2.05) is 0 Å². The zero-order valence-corrected chi connectivity index (χ0v) is 9.66. The van der Waals surface area contributed by atoms with Crippen molar-refractivity contribution in [3.63, 3.8) is 0 Å². The minimum atomic E-state index is 0.545. The molecule has 0 N–H and O–H groups in total. The van der Waals surface area contributed by atoms with Gasteiger partial charge >= 0.3 is 0 Å². The van der Waals surface area contributed by atoms with Crippen LogP contribution >= 0.6 is 0 Å². The van der Waals surface area contributed by atoms with Crippen LogP contribution in [-0.4, -0.2) is 24.5 Å². The van der Waals surface area contributed by atoms with Crippen LogP contribution in [0, 0.1) is 12.8 Å². The minimum absolute atomic E-state index is 0.545. The highest BCUT2D eigenvalue weighted by atomic mass is 15.2. The normalized spacial score (nSPS) is 34.1. The lowest BCUT2D eigenvalue weighted by Crippen LogP contribution is -2.26. The third kappa shape index (κ3) is 1.33. The van der Waals surface area contributed by atoms with Gasteiger partial charge in [0, 0.05) is 18.5 Å². The van der Waals surface area contributed by atoms with Gasteiger partial charge < -0.3 is 4.90 Å². The molecule has 1 aromatic carbocycles. The number of likely N-dealkylation sites (N-methyl/N-ethyl adjacent to an activating group) is 1. The number of fused-ring (bicyclic) bond motifs is 1. The van der Waals surface area contributed by atoms with Crippen molar-refractivity contribution in [2.24, 2.45) is 5.92 Å². The second-order valence-corrected chi connectivity index (χ2v) is 5.25. The maximum atomic E-state index is 2.59. The number of piperidine rings is 1. The molecule has 2 atom stereocenters. The van der Waals surface area contributed by atoms with Crippen LogP contribution in [0.15, 0.2) is 24.3 Å². The van der Waals surface area contributed by atoms with Gasteiger partial charge in [0.1, 0.15) is 0 Å². The SMILES string of the molecule is CCN1C[C@@H]2C[C@@]2(c2ccc(C)cc2)C1. The standard InChI is InChI=1S/C14H19N/c1-3-15-9-13-8-14(13,10-15)12-6-4-11(2)5-7-12/h4-7,13H,3,8-10H2,1-2H3/t13-,14-/m0/s1. The zero-order valence-electron chi connectivity index (χ0n) is 9.66. The van der Waals surface area contributed by atoms with Gasteiger partial charge in [-0.15, -0.1) is 0 Å². The Bertz CT molecular complexity index is 367. The summed E-state index contributed by atoms with van der Waals surface area (Å²) in [5, 5.41) is 0. The summed E-state index contributed by atoms with van der Waals surface area (Å²) in [6, 6.07) is 9.20. The molecule has 15 heavy (non-hydrogen) atoms. The van der Waals surface area contributed by atoms with E-state index in [1.165, 1.54) is 31.6 Å².